The number of rotatable bonds is 6. The monoisotopic (exact) mass is 276 g/mol. The van der Waals surface area contributed by atoms with Crippen LogP contribution in [0.5, 0.6) is 0 Å². The number of hydrogen-bond acceptors (Lipinski definition) is 4. The van der Waals surface area contributed by atoms with Gasteiger partial charge in [0.1, 0.15) is 0 Å². The average molecular weight is 276 g/mol. The van der Waals surface area contributed by atoms with Crippen molar-refractivity contribution in [1.29, 1.82) is 0 Å². The lowest BCUT2D eigenvalue weighted by Gasteiger charge is -2.18. The first kappa shape index (κ1) is 14.7. The Morgan fingerprint density at radius 3 is 2.50 bits per heavy atom. The van der Waals surface area contributed by atoms with Gasteiger partial charge in [0.15, 0.2) is 0 Å². The van der Waals surface area contributed by atoms with Crippen molar-refractivity contribution in [2.75, 3.05) is 6.54 Å². The van der Waals surface area contributed by atoms with Crippen LogP contribution in [-0.2, 0) is 20.5 Å². The Kier molecular flexibility index (Phi) is 4.54. The molecule has 1 atom stereocenters. The molecule has 0 aromatic carbocycles. The first-order chi connectivity index (χ1) is 9.54. The van der Waals surface area contributed by atoms with Gasteiger partial charge in [-0.25, -0.2) is 0 Å². The summed E-state index contributed by atoms with van der Waals surface area (Å²) in [5, 5.41) is 16.1. The van der Waals surface area contributed by atoms with Gasteiger partial charge in [-0.3, -0.25) is 9.36 Å². The minimum Gasteiger partial charge on any atom is -0.308 e. The van der Waals surface area contributed by atoms with Crippen LogP contribution in [0.3, 0.4) is 0 Å². The van der Waals surface area contributed by atoms with Gasteiger partial charge in [-0.2, -0.15) is 5.10 Å². The summed E-state index contributed by atoms with van der Waals surface area (Å²) in [6, 6.07) is 0.219. The molecule has 110 valence electrons. The van der Waals surface area contributed by atoms with Gasteiger partial charge < -0.3 is 5.32 Å². The summed E-state index contributed by atoms with van der Waals surface area (Å²) in [5.74, 6) is 0. The van der Waals surface area contributed by atoms with E-state index in [1.54, 1.807) is 0 Å². The summed E-state index contributed by atoms with van der Waals surface area (Å²) in [5.41, 5.74) is 4.74. The lowest BCUT2D eigenvalue weighted by molar-refractivity contribution is 0.490. The van der Waals surface area contributed by atoms with Gasteiger partial charge in [-0.05, 0) is 38.8 Å². The summed E-state index contributed by atoms with van der Waals surface area (Å²) in [4.78, 5) is 0. The van der Waals surface area contributed by atoms with Gasteiger partial charge in [0, 0.05) is 19.8 Å². The fourth-order valence-corrected chi connectivity index (χ4v) is 2.53. The fraction of sp³-hybridized carbons (Fsp3) is 0.643. The Balaban J connectivity index is 2.26. The Morgan fingerprint density at radius 2 is 2.00 bits per heavy atom. The van der Waals surface area contributed by atoms with Crippen LogP contribution in [0.2, 0.25) is 0 Å². The maximum atomic E-state index is 4.50. The second kappa shape index (κ2) is 6.17. The van der Waals surface area contributed by atoms with E-state index in [4.69, 9.17) is 0 Å². The highest BCUT2D eigenvalue weighted by atomic mass is 15.4. The molecular formula is C14H24N6. The van der Waals surface area contributed by atoms with Crippen molar-refractivity contribution in [3.8, 4) is 0 Å². The van der Waals surface area contributed by atoms with Gasteiger partial charge in [0.05, 0.1) is 23.6 Å². The molecule has 6 heteroatoms. The van der Waals surface area contributed by atoms with Crippen LogP contribution in [0.1, 0.15) is 42.0 Å². The zero-order valence-corrected chi connectivity index (χ0v) is 13.0. The molecular weight excluding hydrogens is 252 g/mol. The summed E-state index contributed by atoms with van der Waals surface area (Å²) in [7, 11) is 3.93. The Hall–Kier alpha value is -1.69. The van der Waals surface area contributed by atoms with Crippen LogP contribution in [0, 0.1) is 13.8 Å². The molecule has 6 nitrogen and oxygen atoms in total. The average Bonchev–Trinajstić information content (AvgIpc) is 2.93. The Labute approximate surface area is 120 Å². The first-order valence-corrected chi connectivity index (χ1v) is 7.11. The molecule has 2 rings (SSSR count). The van der Waals surface area contributed by atoms with E-state index in [0.29, 0.717) is 0 Å². The van der Waals surface area contributed by atoms with Gasteiger partial charge in [-0.15, -0.1) is 5.10 Å². The number of aryl methyl sites for hydroxylation is 3. The van der Waals surface area contributed by atoms with Crippen LogP contribution in [0.25, 0.3) is 0 Å². The van der Waals surface area contributed by atoms with Crippen molar-refractivity contribution < 1.29 is 0 Å². The number of nitrogens with zero attached hydrogens (tertiary/aromatic N) is 5. The van der Waals surface area contributed by atoms with E-state index in [1.807, 2.05) is 29.7 Å². The molecule has 0 radical (unpaired) electrons. The summed E-state index contributed by atoms with van der Waals surface area (Å²) >= 11 is 0. The van der Waals surface area contributed by atoms with E-state index in [9.17, 15) is 0 Å². The lowest BCUT2D eigenvalue weighted by atomic mass is 10.0. The molecule has 1 unspecified atom stereocenters. The van der Waals surface area contributed by atoms with E-state index in [0.717, 1.165) is 30.8 Å². The van der Waals surface area contributed by atoms with E-state index < -0.39 is 0 Å². The molecule has 1 N–H and O–H groups in total. The number of nitrogens with one attached hydrogen (secondary N) is 1. The molecule has 2 aromatic heterocycles. The van der Waals surface area contributed by atoms with Crippen molar-refractivity contribution in [2.24, 2.45) is 14.1 Å². The van der Waals surface area contributed by atoms with Crippen LogP contribution >= 0.6 is 0 Å². The van der Waals surface area contributed by atoms with Crippen LogP contribution in [-0.4, -0.2) is 31.3 Å². The zero-order chi connectivity index (χ0) is 14.7. The minimum absolute atomic E-state index is 0.219. The summed E-state index contributed by atoms with van der Waals surface area (Å²) in [6.07, 6.45) is 3.86. The van der Waals surface area contributed by atoms with E-state index in [1.165, 1.54) is 11.3 Å². The van der Waals surface area contributed by atoms with E-state index in [-0.39, 0.29) is 6.04 Å². The van der Waals surface area contributed by atoms with Gasteiger partial charge in [0.2, 0.25) is 0 Å². The largest absolute Gasteiger partial charge is 0.308 e. The van der Waals surface area contributed by atoms with Crippen molar-refractivity contribution >= 4 is 0 Å². The van der Waals surface area contributed by atoms with Gasteiger partial charge >= 0.3 is 0 Å². The first-order valence-electron chi connectivity index (χ1n) is 7.11. The molecule has 2 aromatic rings. The van der Waals surface area contributed by atoms with Crippen molar-refractivity contribution in [3.63, 3.8) is 0 Å². The molecule has 0 aliphatic carbocycles. The molecule has 0 saturated heterocycles. The zero-order valence-electron chi connectivity index (χ0n) is 13.0. The van der Waals surface area contributed by atoms with Crippen molar-refractivity contribution in [3.05, 3.63) is 28.8 Å². The third kappa shape index (κ3) is 2.90. The van der Waals surface area contributed by atoms with Gasteiger partial charge in [-0.1, -0.05) is 12.1 Å². The molecule has 0 fully saturated rings. The topological polar surface area (TPSA) is 60.6 Å². The number of hydrogen-bond donors (Lipinski definition) is 1. The quantitative estimate of drug-likeness (QED) is 0.867. The summed E-state index contributed by atoms with van der Waals surface area (Å²) < 4.78 is 3.79. The molecule has 0 saturated carbocycles. The SMILES string of the molecule is CCCNC(Cc1c(C)nn(C)c1C)c1cnnn1C. The maximum Gasteiger partial charge on any atom is 0.0756 e. The highest BCUT2D eigenvalue weighted by Crippen LogP contribution is 2.21. The fourth-order valence-electron chi connectivity index (χ4n) is 2.53. The third-order valence-electron chi connectivity index (χ3n) is 3.81. The number of aromatic nitrogens is 5. The van der Waals surface area contributed by atoms with Gasteiger partial charge in [0.25, 0.3) is 0 Å². The predicted molar refractivity (Wildman–Crippen MR) is 78.4 cm³/mol. The van der Waals surface area contributed by atoms with Crippen LogP contribution < -0.4 is 5.32 Å². The molecule has 20 heavy (non-hydrogen) atoms. The van der Waals surface area contributed by atoms with Crippen LogP contribution in [0.15, 0.2) is 6.20 Å². The highest BCUT2D eigenvalue weighted by Gasteiger charge is 2.19. The Bertz CT molecular complexity index is 568. The highest BCUT2D eigenvalue weighted by molar-refractivity contribution is 5.26. The van der Waals surface area contributed by atoms with Crippen LogP contribution in [0.4, 0.5) is 0 Å². The summed E-state index contributed by atoms with van der Waals surface area (Å²) in [6.45, 7) is 7.34. The van der Waals surface area contributed by atoms with E-state index >= 15 is 0 Å². The predicted octanol–water partition coefficient (Wildman–Crippen LogP) is 1.45. The minimum atomic E-state index is 0.219. The maximum absolute atomic E-state index is 4.50. The van der Waals surface area contributed by atoms with Crippen molar-refractivity contribution in [1.82, 2.24) is 30.1 Å². The molecule has 2 heterocycles. The van der Waals surface area contributed by atoms with Crippen molar-refractivity contribution in [2.45, 2.75) is 39.7 Å². The molecule has 0 amide bonds. The third-order valence-corrected chi connectivity index (χ3v) is 3.81. The second-order valence-corrected chi connectivity index (χ2v) is 5.27. The molecule has 0 aliphatic rings. The molecule has 0 bridgehead atoms. The smallest absolute Gasteiger partial charge is 0.0756 e. The Morgan fingerprint density at radius 1 is 1.25 bits per heavy atom. The van der Waals surface area contributed by atoms with E-state index in [2.05, 4.69) is 41.5 Å². The lowest BCUT2D eigenvalue weighted by Crippen LogP contribution is -2.26. The molecule has 0 spiro atoms. The standard InChI is InChI=1S/C14H24N6/c1-6-7-15-13(14-9-16-18-20(14)5)8-12-10(2)17-19(4)11(12)3/h9,13,15H,6-8H2,1-5H3. The normalized spacial score (nSPS) is 12.8. The second-order valence-electron chi connectivity index (χ2n) is 5.27. The molecule has 0 aliphatic heterocycles.